The topological polar surface area (TPSA) is 62.3 Å². The van der Waals surface area contributed by atoms with Crippen molar-refractivity contribution in [1.29, 1.82) is 0 Å². The van der Waals surface area contributed by atoms with Gasteiger partial charge in [0, 0.05) is 33.0 Å². The number of carbonyl (C=O) groups is 2. The van der Waals surface area contributed by atoms with Crippen molar-refractivity contribution in [3.8, 4) is 11.1 Å². The highest BCUT2D eigenvalue weighted by Gasteiger charge is 2.33. The summed E-state index contributed by atoms with van der Waals surface area (Å²) in [4.78, 5) is 31.9. The molecule has 1 aliphatic rings. The largest absolute Gasteiger partial charge is 0.325 e. The van der Waals surface area contributed by atoms with Gasteiger partial charge in [0.25, 0.3) is 6.43 Å². The van der Waals surface area contributed by atoms with E-state index in [1.807, 2.05) is 24.3 Å². The van der Waals surface area contributed by atoms with Gasteiger partial charge in [0.15, 0.2) is 0 Å². The molecule has 2 aromatic carbocycles. The average Bonchev–Trinajstić information content (AvgIpc) is 2.84. The van der Waals surface area contributed by atoms with E-state index in [9.17, 15) is 18.4 Å². The van der Waals surface area contributed by atoms with Crippen LogP contribution in [0.3, 0.4) is 0 Å². The van der Waals surface area contributed by atoms with Crippen molar-refractivity contribution in [2.45, 2.75) is 19.3 Å². The van der Waals surface area contributed by atoms with E-state index in [-0.39, 0.29) is 18.0 Å². The number of nitrogens with one attached hydrogen (secondary N) is 1. The second kappa shape index (κ2) is 8.55. The Labute approximate surface area is 186 Å². The fourth-order valence-electron chi connectivity index (χ4n) is 3.63. The van der Waals surface area contributed by atoms with Crippen LogP contribution in [0.1, 0.15) is 30.5 Å². The zero-order valence-corrected chi connectivity index (χ0v) is 18.1. The van der Waals surface area contributed by atoms with Crippen LogP contribution in [0.2, 0.25) is 0 Å². The highest BCUT2D eigenvalue weighted by Crippen LogP contribution is 2.41. The van der Waals surface area contributed by atoms with E-state index >= 15 is 0 Å². The first-order chi connectivity index (χ1) is 14.8. The number of hydrogen-bond donors (Lipinski definition) is 1. The molecule has 1 N–H and O–H groups in total. The molecule has 1 aliphatic heterocycles. The minimum absolute atomic E-state index is 0.126. The second-order valence-electron chi connectivity index (χ2n) is 7.21. The van der Waals surface area contributed by atoms with E-state index in [1.54, 1.807) is 19.2 Å². The molecule has 2 amide bonds. The maximum atomic E-state index is 13.3. The summed E-state index contributed by atoms with van der Waals surface area (Å²) in [7, 11) is 0. The number of hydrogen-bond acceptors (Lipinski definition) is 3. The van der Waals surface area contributed by atoms with Crippen LogP contribution in [0.25, 0.3) is 11.1 Å². The fraction of sp³-hybridized carbons (Fsp3) is 0.174. The maximum Gasteiger partial charge on any atom is 0.263 e. The predicted molar refractivity (Wildman–Crippen MR) is 118 cm³/mol. The molecule has 1 unspecified atom stereocenters. The highest BCUT2D eigenvalue weighted by atomic mass is 79.9. The summed E-state index contributed by atoms with van der Waals surface area (Å²) < 4.78 is 26.2. The number of nitrogens with zero attached hydrogens (tertiary/aromatic N) is 2. The minimum Gasteiger partial charge on any atom is -0.325 e. The van der Waals surface area contributed by atoms with Gasteiger partial charge in [-0.15, -0.1) is 0 Å². The quantitative estimate of drug-likeness (QED) is 0.527. The fourth-order valence-corrected chi connectivity index (χ4v) is 3.98. The first-order valence-corrected chi connectivity index (χ1v) is 10.4. The number of anilines is 2. The molecule has 1 atom stereocenters. The molecule has 1 aromatic heterocycles. The third kappa shape index (κ3) is 4.20. The third-order valence-corrected chi connectivity index (χ3v) is 5.67. The molecule has 4 rings (SSSR count). The first-order valence-electron chi connectivity index (χ1n) is 9.59. The molecule has 158 valence electrons. The molecule has 0 spiro atoms. The van der Waals surface area contributed by atoms with E-state index in [1.165, 1.54) is 29.2 Å². The second-order valence-corrected chi connectivity index (χ2v) is 8.13. The molecule has 0 fully saturated rings. The number of fused-ring (bicyclic) bond motifs is 3. The summed E-state index contributed by atoms with van der Waals surface area (Å²) in [6, 6.07) is 14.6. The molecule has 0 bridgehead atoms. The average molecular weight is 486 g/mol. The van der Waals surface area contributed by atoms with Gasteiger partial charge in [0.05, 0.1) is 17.3 Å². The predicted octanol–water partition coefficient (Wildman–Crippen LogP) is 5.54. The minimum atomic E-state index is -2.58. The Hall–Kier alpha value is -3.13. The molecule has 3 aromatic rings. The molecular weight excluding hydrogens is 468 g/mol. The SMILES string of the molecule is CC1C(=O)N(CC(=O)Nc2ccc(C(F)F)cc2)c2cc(Br)ccc2-c2cccnc21. The van der Waals surface area contributed by atoms with Crippen LogP contribution in [-0.4, -0.2) is 23.3 Å². The number of pyridine rings is 1. The van der Waals surface area contributed by atoms with Crippen LogP contribution in [-0.2, 0) is 9.59 Å². The van der Waals surface area contributed by atoms with Crippen LogP contribution in [0, 0.1) is 0 Å². The van der Waals surface area contributed by atoms with Gasteiger partial charge in [-0.2, -0.15) is 0 Å². The van der Waals surface area contributed by atoms with Crippen LogP contribution in [0.15, 0.2) is 65.3 Å². The number of rotatable bonds is 4. The number of halogens is 3. The van der Waals surface area contributed by atoms with Crippen molar-refractivity contribution < 1.29 is 18.4 Å². The summed E-state index contributed by atoms with van der Waals surface area (Å²) >= 11 is 3.44. The number of alkyl halides is 2. The Morgan fingerprint density at radius 2 is 1.90 bits per heavy atom. The lowest BCUT2D eigenvalue weighted by Crippen LogP contribution is -2.40. The van der Waals surface area contributed by atoms with Gasteiger partial charge in [-0.25, -0.2) is 8.78 Å². The molecule has 2 heterocycles. The molecular formula is C23H18BrF2N3O2. The number of benzene rings is 2. The number of carbonyl (C=O) groups excluding carboxylic acids is 2. The van der Waals surface area contributed by atoms with Gasteiger partial charge in [0.2, 0.25) is 11.8 Å². The highest BCUT2D eigenvalue weighted by molar-refractivity contribution is 9.10. The lowest BCUT2D eigenvalue weighted by Gasteiger charge is -2.24. The summed E-state index contributed by atoms with van der Waals surface area (Å²) in [5, 5.41) is 2.67. The van der Waals surface area contributed by atoms with E-state index < -0.39 is 18.3 Å². The Morgan fingerprint density at radius 1 is 1.16 bits per heavy atom. The Bertz CT molecular complexity index is 1150. The molecule has 31 heavy (non-hydrogen) atoms. The van der Waals surface area contributed by atoms with E-state index in [2.05, 4.69) is 26.2 Å². The smallest absolute Gasteiger partial charge is 0.263 e. The number of aromatic nitrogens is 1. The van der Waals surface area contributed by atoms with Crippen molar-refractivity contribution in [2.24, 2.45) is 0 Å². The molecule has 0 aliphatic carbocycles. The Balaban J connectivity index is 1.65. The van der Waals surface area contributed by atoms with Gasteiger partial charge in [-0.05, 0) is 37.3 Å². The molecule has 8 heteroatoms. The standard InChI is InChI=1S/C23H18BrF2N3O2/c1-13-21-18(3-2-10-27-21)17-9-6-15(24)11-19(17)29(23(13)31)12-20(30)28-16-7-4-14(5-8-16)22(25)26/h2-11,13,22H,12H2,1H3,(H,28,30). The normalized spacial score (nSPS) is 15.3. The zero-order chi connectivity index (χ0) is 22.1. The summed E-state index contributed by atoms with van der Waals surface area (Å²) in [5.41, 5.74) is 3.15. The van der Waals surface area contributed by atoms with Gasteiger partial charge < -0.3 is 10.2 Å². The monoisotopic (exact) mass is 485 g/mol. The van der Waals surface area contributed by atoms with Crippen LogP contribution >= 0.6 is 15.9 Å². The molecule has 0 saturated heterocycles. The van der Waals surface area contributed by atoms with Crippen molar-refractivity contribution in [1.82, 2.24) is 4.98 Å². The molecule has 0 saturated carbocycles. The van der Waals surface area contributed by atoms with E-state index in [0.717, 1.165) is 15.6 Å². The Morgan fingerprint density at radius 3 is 2.61 bits per heavy atom. The third-order valence-electron chi connectivity index (χ3n) is 5.17. The summed E-state index contributed by atoms with van der Waals surface area (Å²) in [6.45, 7) is 1.54. The van der Waals surface area contributed by atoms with Crippen LogP contribution < -0.4 is 10.2 Å². The van der Waals surface area contributed by atoms with Gasteiger partial charge in [-0.3, -0.25) is 14.6 Å². The van der Waals surface area contributed by atoms with Crippen molar-refractivity contribution in [3.05, 3.63) is 76.5 Å². The molecule has 0 radical (unpaired) electrons. The maximum absolute atomic E-state index is 13.3. The van der Waals surface area contributed by atoms with Gasteiger partial charge in [-0.1, -0.05) is 40.2 Å². The van der Waals surface area contributed by atoms with Crippen LogP contribution in [0.5, 0.6) is 0 Å². The first kappa shape index (κ1) is 21.1. The van der Waals surface area contributed by atoms with Gasteiger partial charge in [0.1, 0.15) is 6.54 Å². The van der Waals surface area contributed by atoms with Gasteiger partial charge >= 0.3 is 0 Å². The summed E-state index contributed by atoms with van der Waals surface area (Å²) in [5.74, 6) is -1.23. The van der Waals surface area contributed by atoms with Crippen molar-refractivity contribution in [3.63, 3.8) is 0 Å². The van der Waals surface area contributed by atoms with Crippen LogP contribution in [0.4, 0.5) is 20.2 Å². The van der Waals surface area contributed by atoms with E-state index in [4.69, 9.17) is 0 Å². The number of amides is 2. The van der Waals surface area contributed by atoms with E-state index in [0.29, 0.717) is 17.1 Å². The van der Waals surface area contributed by atoms with Crippen molar-refractivity contribution >= 4 is 39.1 Å². The molecule has 5 nitrogen and oxygen atoms in total. The lowest BCUT2D eigenvalue weighted by atomic mass is 9.97. The zero-order valence-electron chi connectivity index (χ0n) is 16.5. The summed E-state index contributed by atoms with van der Waals surface area (Å²) in [6.07, 6.45) is -0.932. The Kier molecular flexibility index (Phi) is 5.82. The van der Waals surface area contributed by atoms with Crippen molar-refractivity contribution in [2.75, 3.05) is 16.8 Å². The lowest BCUT2D eigenvalue weighted by molar-refractivity contribution is -0.122.